The Balaban J connectivity index is 2.16. The molecule has 1 aromatic rings. The van der Waals surface area contributed by atoms with Crippen LogP contribution >= 0.6 is 0 Å². The van der Waals surface area contributed by atoms with Crippen LogP contribution in [0, 0.1) is 6.92 Å². The molecule has 0 saturated heterocycles. The monoisotopic (exact) mass is 235 g/mol. The molecule has 6 heteroatoms. The van der Waals surface area contributed by atoms with Gasteiger partial charge in [0, 0.05) is 12.6 Å². The van der Waals surface area contributed by atoms with Crippen molar-refractivity contribution in [2.24, 2.45) is 0 Å². The van der Waals surface area contributed by atoms with E-state index in [1.807, 2.05) is 6.92 Å². The number of nitrogens with zero attached hydrogens (tertiary/aromatic N) is 1. The van der Waals surface area contributed by atoms with Crippen molar-refractivity contribution in [3.63, 3.8) is 0 Å². The molecule has 0 fully saturated rings. The van der Waals surface area contributed by atoms with Gasteiger partial charge in [-0.3, -0.25) is 9.59 Å². The molecule has 1 unspecified atom stereocenters. The molecule has 0 aliphatic carbocycles. The molecule has 1 aliphatic heterocycles. The van der Waals surface area contributed by atoms with Crippen molar-refractivity contribution >= 4 is 23.4 Å². The first kappa shape index (κ1) is 11.4. The SMILES string of the molecule is Cc1ccnc2c1NC(=O)C(CCC(=O)O)N2. The predicted molar refractivity (Wildman–Crippen MR) is 61.9 cm³/mol. The third-order valence-corrected chi connectivity index (χ3v) is 2.68. The number of amides is 1. The molecule has 0 radical (unpaired) electrons. The Kier molecular flexibility index (Phi) is 2.95. The minimum atomic E-state index is -0.914. The Morgan fingerprint density at radius 3 is 3.06 bits per heavy atom. The summed E-state index contributed by atoms with van der Waals surface area (Å²) in [6.45, 7) is 1.88. The van der Waals surface area contributed by atoms with Crippen LogP contribution in [0.5, 0.6) is 0 Å². The van der Waals surface area contributed by atoms with Crippen LogP contribution in [-0.2, 0) is 9.59 Å². The lowest BCUT2D eigenvalue weighted by Gasteiger charge is -2.26. The van der Waals surface area contributed by atoms with Gasteiger partial charge in [0.2, 0.25) is 5.91 Å². The zero-order valence-electron chi connectivity index (χ0n) is 9.36. The highest BCUT2D eigenvalue weighted by atomic mass is 16.4. The summed E-state index contributed by atoms with van der Waals surface area (Å²) in [5.41, 5.74) is 1.59. The van der Waals surface area contributed by atoms with E-state index in [9.17, 15) is 9.59 Å². The van der Waals surface area contributed by atoms with E-state index in [-0.39, 0.29) is 18.7 Å². The predicted octanol–water partition coefficient (Wildman–Crippen LogP) is 0.987. The first-order chi connectivity index (χ1) is 8.08. The lowest BCUT2D eigenvalue weighted by atomic mass is 10.1. The van der Waals surface area contributed by atoms with Gasteiger partial charge < -0.3 is 15.7 Å². The summed E-state index contributed by atoms with van der Waals surface area (Å²) in [4.78, 5) is 26.3. The minimum Gasteiger partial charge on any atom is -0.481 e. The Morgan fingerprint density at radius 1 is 1.59 bits per heavy atom. The number of fused-ring (bicyclic) bond motifs is 1. The molecule has 0 saturated carbocycles. The standard InChI is InChI=1S/C11H13N3O3/c1-6-4-5-12-10-9(6)14-11(17)7(13-10)2-3-8(15)16/h4-5,7H,2-3H2,1H3,(H,12,13)(H,14,17)(H,15,16). The van der Waals surface area contributed by atoms with Gasteiger partial charge in [-0.15, -0.1) is 0 Å². The molecule has 3 N–H and O–H groups in total. The van der Waals surface area contributed by atoms with Gasteiger partial charge in [-0.2, -0.15) is 0 Å². The molecule has 6 nitrogen and oxygen atoms in total. The second-order valence-electron chi connectivity index (χ2n) is 3.97. The van der Waals surface area contributed by atoms with Crippen LogP contribution in [0.1, 0.15) is 18.4 Å². The van der Waals surface area contributed by atoms with Gasteiger partial charge in [-0.1, -0.05) is 0 Å². The highest BCUT2D eigenvalue weighted by molar-refractivity contribution is 6.03. The van der Waals surface area contributed by atoms with Crippen molar-refractivity contribution in [1.82, 2.24) is 4.98 Å². The number of aromatic nitrogens is 1. The van der Waals surface area contributed by atoms with Crippen molar-refractivity contribution in [2.75, 3.05) is 10.6 Å². The summed E-state index contributed by atoms with van der Waals surface area (Å²) in [6, 6.07) is 1.27. The zero-order valence-corrected chi connectivity index (χ0v) is 9.36. The number of hydrogen-bond donors (Lipinski definition) is 3. The Morgan fingerprint density at radius 2 is 2.35 bits per heavy atom. The van der Waals surface area contributed by atoms with Gasteiger partial charge in [0.05, 0.1) is 5.69 Å². The summed E-state index contributed by atoms with van der Waals surface area (Å²) in [5.74, 6) is -0.530. The largest absolute Gasteiger partial charge is 0.481 e. The van der Waals surface area contributed by atoms with Gasteiger partial charge in [-0.05, 0) is 25.0 Å². The highest BCUT2D eigenvalue weighted by Crippen LogP contribution is 2.28. The van der Waals surface area contributed by atoms with Gasteiger partial charge in [0.1, 0.15) is 6.04 Å². The number of anilines is 2. The maximum Gasteiger partial charge on any atom is 0.303 e. The molecule has 2 heterocycles. The smallest absolute Gasteiger partial charge is 0.303 e. The molecule has 0 aromatic carbocycles. The van der Waals surface area contributed by atoms with Crippen LogP contribution in [0.3, 0.4) is 0 Å². The highest BCUT2D eigenvalue weighted by Gasteiger charge is 2.27. The average molecular weight is 235 g/mol. The van der Waals surface area contributed by atoms with Crippen molar-refractivity contribution in [3.05, 3.63) is 17.8 Å². The normalized spacial score (nSPS) is 17.9. The summed E-state index contributed by atoms with van der Waals surface area (Å²) in [7, 11) is 0. The fourth-order valence-electron chi connectivity index (χ4n) is 1.74. The molecular formula is C11H13N3O3. The van der Waals surface area contributed by atoms with E-state index in [2.05, 4.69) is 15.6 Å². The van der Waals surface area contributed by atoms with Gasteiger partial charge in [0.15, 0.2) is 5.82 Å². The molecular weight excluding hydrogens is 222 g/mol. The van der Waals surface area contributed by atoms with Crippen LogP contribution in [-0.4, -0.2) is 28.0 Å². The van der Waals surface area contributed by atoms with Crippen molar-refractivity contribution in [3.8, 4) is 0 Å². The summed E-state index contributed by atoms with van der Waals surface area (Å²) >= 11 is 0. The maximum absolute atomic E-state index is 11.7. The van der Waals surface area contributed by atoms with E-state index in [1.165, 1.54) is 0 Å². The van der Waals surface area contributed by atoms with E-state index in [0.717, 1.165) is 5.56 Å². The number of carbonyl (C=O) groups excluding carboxylic acids is 1. The van der Waals surface area contributed by atoms with E-state index >= 15 is 0 Å². The topological polar surface area (TPSA) is 91.3 Å². The first-order valence-corrected chi connectivity index (χ1v) is 5.32. The van der Waals surface area contributed by atoms with Crippen LogP contribution < -0.4 is 10.6 Å². The molecule has 17 heavy (non-hydrogen) atoms. The summed E-state index contributed by atoms with van der Waals surface area (Å²) < 4.78 is 0. The lowest BCUT2D eigenvalue weighted by Crippen LogP contribution is -2.39. The zero-order chi connectivity index (χ0) is 12.4. The molecule has 1 aromatic heterocycles. The number of carboxylic acid groups (broad SMARTS) is 1. The number of carbonyl (C=O) groups is 2. The third kappa shape index (κ3) is 2.35. The van der Waals surface area contributed by atoms with Crippen LogP contribution in [0.15, 0.2) is 12.3 Å². The summed E-state index contributed by atoms with van der Waals surface area (Å²) in [5, 5.41) is 14.3. The number of aliphatic carboxylic acids is 1. The average Bonchev–Trinajstić information content (AvgIpc) is 2.28. The number of nitrogens with one attached hydrogen (secondary N) is 2. The fraction of sp³-hybridized carbons (Fsp3) is 0.364. The van der Waals surface area contributed by atoms with Crippen LogP contribution in [0.2, 0.25) is 0 Å². The molecule has 2 rings (SSSR count). The van der Waals surface area contributed by atoms with Gasteiger partial charge in [-0.25, -0.2) is 4.98 Å². The molecule has 0 spiro atoms. The molecule has 1 aliphatic rings. The maximum atomic E-state index is 11.7. The van der Waals surface area contributed by atoms with Crippen molar-refractivity contribution in [1.29, 1.82) is 0 Å². The molecule has 0 bridgehead atoms. The number of pyridine rings is 1. The van der Waals surface area contributed by atoms with Crippen molar-refractivity contribution in [2.45, 2.75) is 25.8 Å². The van der Waals surface area contributed by atoms with E-state index in [4.69, 9.17) is 5.11 Å². The fourth-order valence-corrected chi connectivity index (χ4v) is 1.74. The molecule has 1 amide bonds. The van der Waals surface area contributed by atoms with Gasteiger partial charge in [0.25, 0.3) is 0 Å². The molecule has 90 valence electrons. The van der Waals surface area contributed by atoms with E-state index in [0.29, 0.717) is 11.5 Å². The number of hydrogen-bond acceptors (Lipinski definition) is 4. The minimum absolute atomic E-state index is 0.0494. The Bertz CT molecular complexity index is 473. The first-order valence-electron chi connectivity index (χ1n) is 5.32. The third-order valence-electron chi connectivity index (χ3n) is 2.68. The summed E-state index contributed by atoms with van der Waals surface area (Å²) in [6.07, 6.45) is 1.84. The second-order valence-corrected chi connectivity index (χ2v) is 3.97. The molecule has 1 atom stereocenters. The number of carboxylic acids is 1. The Hall–Kier alpha value is -2.11. The van der Waals surface area contributed by atoms with Gasteiger partial charge >= 0.3 is 5.97 Å². The van der Waals surface area contributed by atoms with E-state index < -0.39 is 12.0 Å². The quantitative estimate of drug-likeness (QED) is 0.726. The number of rotatable bonds is 3. The lowest BCUT2D eigenvalue weighted by molar-refractivity contribution is -0.137. The Labute approximate surface area is 98.1 Å². The second kappa shape index (κ2) is 4.40. The van der Waals surface area contributed by atoms with Crippen LogP contribution in [0.25, 0.3) is 0 Å². The number of aryl methyl sites for hydroxylation is 1. The van der Waals surface area contributed by atoms with E-state index in [1.54, 1.807) is 12.3 Å². The van der Waals surface area contributed by atoms with Crippen LogP contribution in [0.4, 0.5) is 11.5 Å². The van der Waals surface area contributed by atoms with Crippen molar-refractivity contribution < 1.29 is 14.7 Å².